The lowest BCUT2D eigenvalue weighted by Crippen LogP contribution is -2.29. The van der Waals surface area contributed by atoms with E-state index in [4.69, 9.17) is 9.47 Å². The van der Waals surface area contributed by atoms with Crippen molar-refractivity contribution >= 4 is 45.6 Å². The van der Waals surface area contributed by atoms with E-state index in [1.54, 1.807) is 32.0 Å². The van der Waals surface area contributed by atoms with Crippen LogP contribution in [0.3, 0.4) is 0 Å². The highest BCUT2D eigenvalue weighted by atomic mass is 32.1. The highest BCUT2D eigenvalue weighted by Crippen LogP contribution is 2.44. The highest BCUT2D eigenvalue weighted by Gasteiger charge is 2.48. The van der Waals surface area contributed by atoms with Crippen LogP contribution < -0.4 is 9.64 Å². The van der Waals surface area contributed by atoms with Gasteiger partial charge in [0.05, 0.1) is 36.5 Å². The normalized spacial score (nSPS) is 16.6. The molecule has 1 atom stereocenters. The van der Waals surface area contributed by atoms with Gasteiger partial charge < -0.3 is 14.6 Å². The summed E-state index contributed by atoms with van der Waals surface area (Å²) in [4.78, 5) is 54.9. The number of hydrogen-bond donors (Lipinski definition) is 1. The number of hydrogen-bond acceptors (Lipinski definition) is 10. The Balaban J connectivity index is 1.94. The number of rotatable bonds is 6. The number of nitro benzene ring substituents is 1. The summed E-state index contributed by atoms with van der Waals surface area (Å²) in [5, 5.41) is 22.5. The second-order valence-electron chi connectivity index (χ2n) is 8.10. The zero-order chi connectivity index (χ0) is 27.0. The maximum atomic E-state index is 13.3. The fourth-order valence-corrected chi connectivity index (χ4v) is 5.08. The number of aromatic nitrogens is 1. The maximum absolute atomic E-state index is 13.3. The average Bonchev–Trinajstić information content (AvgIpc) is 3.39. The SMILES string of the molecule is COC(=O)c1sc(N2C(=O)C(=O)/C(=C(/O)c3ccc(OC)c(C)c3)C2c2ccc([N+](=O)[O-])cc2)nc1C. The van der Waals surface area contributed by atoms with Crippen molar-refractivity contribution in [3.05, 3.63) is 85.4 Å². The van der Waals surface area contributed by atoms with Crippen LogP contribution in [0.4, 0.5) is 10.8 Å². The van der Waals surface area contributed by atoms with Gasteiger partial charge in [0.15, 0.2) is 5.13 Å². The lowest BCUT2D eigenvalue weighted by Gasteiger charge is -2.23. The molecule has 12 heteroatoms. The number of esters is 1. The first-order chi connectivity index (χ1) is 17.6. The third-order valence-corrected chi connectivity index (χ3v) is 7.03. The summed E-state index contributed by atoms with van der Waals surface area (Å²) in [6, 6.07) is 8.88. The minimum absolute atomic E-state index is 0.0355. The number of Topliss-reactive ketones (excluding diaryl/α,β-unsaturated/α-hetero) is 1. The van der Waals surface area contributed by atoms with Gasteiger partial charge in [-0.3, -0.25) is 24.6 Å². The number of carbonyl (C=O) groups is 3. The number of anilines is 1. The standard InChI is InChI=1S/C25H21N3O8S/c1-12-11-15(7-10-17(12)35-3)20(29)18-19(14-5-8-16(9-6-14)28(33)34)27(23(31)21(18)30)25-26-13(2)22(37-25)24(32)36-4/h5-11,19,29H,1-4H3/b20-18+. The number of nitrogens with zero attached hydrogens (tertiary/aromatic N) is 3. The molecule has 3 aromatic rings. The van der Waals surface area contributed by atoms with Crippen LogP contribution in [0, 0.1) is 24.0 Å². The number of methoxy groups -OCH3 is 2. The van der Waals surface area contributed by atoms with Gasteiger partial charge in [-0.25, -0.2) is 9.78 Å². The van der Waals surface area contributed by atoms with Crippen LogP contribution in [0.15, 0.2) is 48.0 Å². The van der Waals surface area contributed by atoms with Crippen LogP contribution in [-0.4, -0.2) is 46.9 Å². The minimum atomic E-state index is -1.17. The molecule has 0 aliphatic carbocycles. The van der Waals surface area contributed by atoms with Crippen LogP contribution in [0.2, 0.25) is 0 Å². The van der Waals surface area contributed by atoms with E-state index in [0.29, 0.717) is 22.6 Å². The predicted molar refractivity (Wildman–Crippen MR) is 134 cm³/mol. The first kappa shape index (κ1) is 25.5. The lowest BCUT2D eigenvalue weighted by molar-refractivity contribution is -0.384. The molecule has 1 aliphatic heterocycles. The first-order valence-electron chi connectivity index (χ1n) is 10.8. The van der Waals surface area contributed by atoms with Gasteiger partial charge in [-0.05, 0) is 55.3 Å². The number of carbonyl (C=O) groups excluding carboxylic acids is 3. The summed E-state index contributed by atoms with van der Waals surface area (Å²) >= 11 is 0.857. The van der Waals surface area contributed by atoms with Crippen LogP contribution in [-0.2, 0) is 14.3 Å². The van der Waals surface area contributed by atoms with Crippen molar-refractivity contribution in [1.82, 2.24) is 4.98 Å². The van der Waals surface area contributed by atoms with E-state index in [2.05, 4.69) is 4.98 Å². The number of amides is 1. The van der Waals surface area contributed by atoms with Crippen molar-refractivity contribution in [3.8, 4) is 5.75 Å². The molecule has 2 heterocycles. The van der Waals surface area contributed by atoms with Crippen LogP contribution in [0.5, 0.6) is 5.75 Å². The fraction of sp³-hybridized carbons (Fsp3) is 0.200. The van der Waals surface area contributed by atoms with Gasteiger partial charge in [-0.2, -0.15) is 0 Å². The molecule has 37 heavy (non-hydrogen) atoms. The summed E-state index contributed by atoms with van der Waals surface area (Å²) in [6.45, 7) is 3.32. The maximum Gasteiger partial charge on any atom is 0.350 e. The van der Waals surface area contributed by atoms with E-state index >= 15 is 0 Å². The number of ether oxygens (including phenoxy) is 2. The molecule has 1 aromatic heterocycles. The van der Waals surface area contributed by atoms with E-state index < -0.39 is 34.4 Å². The topological polar surface area (TPSA) is 149 Å². The Hall–Kier alpha value is -4.58. The Bertz CT molecular complexity index is 1480. The van der Waals surface area contributed by atoms with Crippen molar-refractivity contribution in [2.45, 2.75) is 19.9 Å². The second kappa shape index (κ2) is 9.82. The molecule has 1 unspecified atom stereocenters. The highest BCUT2D eigenvalue weighted by molar-refractivity contribution is 7.17. The van der Waals surface area contributed by atoms with Crippen LogP contribution in [0.1, 0.15) is 38.1 Å². The molecule has 0 radical (unpaired) electrons. The summed E-state index contributed by atoms with van der Waals surface area (Å²) in [5.41, 5.74) is 1.16. The molecule has 0 bridgehead atoms. The van der Waals surface area contributed by atoms with Gasteiger partial charge in [-0.1, -0.05) is 11.3 Å². The van der Waals surface area contributed by atoms with Crippen molar-refractivity contribution in [3.63, 3.8) is 0 Å². The predicted octanol–water partition coefficient (Wildman–Crippen LogP) is 4.09. The smallest absolute Gasteiger partial charge is 0.350 e. The van der Waals surface area contributed by atoms with Gasteiger partial charge in [0.2, 0.25) is 0 Å². The average molecular weight is 524 g/mol. The molecule has 190 valence electrons. The van der Waals surface area contributed by atoms with Crippen LogP contribution in [0.25, 0.3) is 5.76 Å². The molecule has 11 nitrogen and oxygen atoms in total. The molecule has 4 rings (SSSR count). The van der Waals surface area contributed by atoms with Gasteiger partial charge >= 0.3 is 11.9 Å². The summed E-state index contributed by atoms with van der Waals surface area (Å²) in [5.74, 6) is -2.46. The molecule has 0 saturated carbocycles. The van der Waals surface area contributed by atoms with E-state index in [9.17, 15) is 29.6 Å². The third-order valence-electron chi connectivity index (χ3n) is 5.89. The molecular formula is C25H21N3O8S. The lowest BCUT2D eigenvalue weighted by atomic mass is 9.94. The Morgan fingerprint density at radius 3 is 2.38 bits per heavy atom. The molecule has 1 amide bonds. The van der Waals surface area contributed by atoms with E-state index in [1.807, 2.05) is 0 Å². The van der Waals surface area contributed by atoms with Crippen LogP contribution >= 0.6 is 11.3 Å². The molecule has 1 aliphatic rings. The monoisotopic (exact) mass is 523 g/mol. The molecular weight excluding hydrogens is 502 g/mol. The number of thiazole rings is 1. The molecule has 1 N–H and O–H groups in total. The molecule has 0 spiro atoms. The van der Waals surface area contributed by atoms with Gasteiger partial charge in [0, 0.05) is 17.7 Å². The van der Waals surface area contributed by atoms with Gasteiger partial charge in [0.25, 0.3) is 11.5 Å². The number of aryl methyl sites for hydroxylation is 2. The van der Waals surface area contributed by atoms with Gasteiger partial charge in [-0.15, -0.1) is 0 Å². The number of aliphatic hydroxyl groups excluding tert-OH is 1. The second-order valence-corrected chi connectivity index (χ2v) is 9.08. The van der Waals surface area contributed by atoms with Crippen molar-refractivity contribution < 1.29 is 33.9 Å². The Morgan fingerprint density at radius 1 is 1.14 bits per heavy atom. The number of ketones is 1. The molecule has 1 saturated heterocycles. The van der Waals surface area contributed by atoms with E-state index in [0.717, 1.165) is 16.2 Å². The summed E-state index contributed by atoms with van der Waals surface area (Å²) in [7, 11) is 2.71. The Kier molecular flexibility index (Phi) is 6.77. The fourth-order valence-electron chi connectivity index (χ4n) is 4.07. The Morgan fingerprint density at radius 2 is 1.81 bits per heavy atom. The minimum Gasteiger partial charge on any atom is -0.507 e. The number of benzene rings is 2. The van der Waals surface area contributed by atoms with E-state index in [-0.39, 0.29) is 26.8 Å². The van der Waals surface area contributed by atoms with Crippen molar-refractivity contribution in [2.75, 3.05) is 19.1 Å². The molecule has 1 fully saturated rings. The number of aliphatic hydroxyl groups is 1. The van der Waals surface area contributed by atoms with E-state index in [1.165, 1.54) is 38.5 Å². The third kappa shape index (κ3) is 4.42. The summed E-state index contributed by atoms with van der Waals surface area (Å²) < 4.78 is 10.0. The zero-order valence-electron chi connectivity index (χ0n) is 20.2. The van der Waals surface area contributed by atoms with Crippen molar-refractivity contribution in [2.24, 2.45) is 0 Å². The van der Waals surface area contributed by atoms with Crippen molar-refractivity contribution in [1.29, 1.82) is 0 Å². The Labute approximate surface area is 214 Å². The molecule has 2 aromatic carbocycles. The zero-order valence-corrected chi connectivity index (χ0v) is 21.0. The number of non-ortho nitro benzene ring substituents is 1. The summed E-state index contributed by atoms with van der Waals surface area (Å²) in [6.07, 6.45) is 0. The first-order valence-corrected chi connectivity index (χ1v) is 11.7. The van der Waals surface area contributed by atoms with Gasteiger partial charge in [0.1, 0.15) is 16.4 Å². The number of nitro groups is 1. The largest absolute Gasteiger partial charge is 0.507 e. The quantitative estimate of drug-likeness (QED) is 0.126.